The topological polar surface area (TPSA) is 61.3 Å². The number of aromatic nitrogens is 2. The Morgan fingerprint density at radius 2 is 2.05 bits per heavy atom. The highest BCUT2D eigenvalue weighted by Gasteiger charge is 2.18. The van der Waals surface area contributed by atoms with E-state index in [1.807, 2.05) is 19.9 Å². The maximum Gasteiger partial charge on any atom is 0.134 e. The minimum Gasteiger partial charge on any atom is -0.394 e. The van der Waals surface area contributed by atoms with Gasteiger partial charge in [0.2, 0.25) is 0 Å². The molecule has 1 aromatic heterocycles. The van der Waals surface area contributed by atoms with Crippen molar-refractivity contribution in [2.45, 2.75) is 32.9 Å². The molecule has 0 saturated heterocycles. The molecule has 0 fully saturated rings. The molecule has 1 aliphatic heterocycles. The van der Waals surface area contributed by atoms with Gasteiger partial charge < -0.3 is 15.3 Å². The van der Waals surface area contributed by atoms with Gasteiger partial charge in [-0.25, -0.2) is 9.97 Å². The van der Waals surface area contributed by atoms with Crippen molar-refractivity contribution in [2.24, 2.45) is 0 Å². The maximum atomic E-state index is 9.18. The number of rotatable bonds is 4. The van der Waals surface area contributed by atoms with Crippen LogP contribution in [0.3, 0.4) is 0 Å². The van der Waals surface area contributed by atoms with Gasteiger partial charge >= 0.3 is 0 Å². The maximum absolute atomic E-state index is 9.18. The Balaban J connectivity index is 1.83. The van der Waals surface area contributed by atoms with Crippen LogP contribution in [0.2, 0.25) is 0 Å². The van der Waals surface area contributed by atoms with Crippen molar-refractivity contribution in [3.05, 3.63) is 47.3 Å². The molecule has 5 nitrogen and oxygen atoms in total. The second-order valence-corrected chi connectivity index (χ2v) is 5.83. The smallest absolute Gasteiger partial charge is 0.134 e. The molecule has 0 unspecified atom stereocenters. The molecule has 0 saturated carbocycles. The number of anilines is 2. The highest BCUT2D eigenvalue weighted by molar-refractivity contribution is 5.51. The van der Waals surface area contributed by atoms with Crippen LogP contribution in [0, 0.1) is 6.92 Å². The lowest BCUT2D eigenvalue weighted by Crippen LogP contribution is -2.31. The van der Waals surface area contributed by atoms with Crippen LogP contribution in [0.4, 0.5) is 11.6 Å². The predicted molar refractivity (Wildman–Crippen MR) is 88.1 cm³/mol. The number of benzene rings is 1. The molecule has 22 heavy (non-hydrogen) atoms. The Bertz CT molecular complexity index is 659. The zero-order chi connectivity index (χ0) is 15.5. The molecule has 2 aromatic rings. The van der Waals surface area contributed by atoms with Gasteiger partial charge in [-0.05, 0) is 31.4 Å². The van der Waals surface area contributed by atoms with Crippen molar-refractivity contribution < 1.29 is 5.11 Å². The lowest BCUT2D eigenvalue weighted by atomic mass is 10.00. The van der Waals surface area contributed by atoms with Crippen molar-refractivity contribution in [3.63, 3.8) is 0 Å². The van der Waals surface area contributed by atoms with Crippen LogP contribution < -0.4 is 10.2 Å². The summed E-state index contributed by atoms with van der Waals surface area (Å²) in [4.78, 5) is 11.3. The number of hydrogen-bond acceptors (Lipinski definition) is 5. The monoisotopic (exact) mass is 298 g/mol. The Morgan fingerprint density at radius 1 is 1.27 bits per heavy atom. The average Bonchev–Trinajstić information content (AvgIpc) is 2.53. The minimum atomic E-state index is -0.0239. The Hall–Kier alpha value is -2.14. The molecule has 1 atom stereocenters. The second kappa shape index (κ2) is 6.32. The minimum absolute atomic E-state index is 0.0239. The fraction of sp³-hybridized carbons (Fsp3) is 0.412. The van der Waals surface area contributed by atoms with Gasteiger partial charge in [-0.3, -0.25) is 0 Å². The summed E-state index contributed by atoms with van der Waals surface area (Å²) in [7, 11) is 0. The van der Waals surface area contributed by atoms with Crippen LogP contribution in [0.1, 0.15) is 23.9 Å². The third kappa shape index (κ3) is 3.20. The molecule has 0 amide bonds. The normalized spacial score (nSPS) is 15.3. The summed E-state index contributed by atoms with van der Waals surface area (Å²) in [5, 5.41) is 12.4. The van der Waals surface area contributed by atoms with Crippen LogP contribution in [0.25, 0.3) is 0 Å². The average molecular weight is 298 g/mol. The summed E-state index contributed by atoms with van der Waals surface area (Å²) >= 11 is 0. The third-order valence-corrected chi connectivity index (χ3v) is 3.95. The zero-order valence-electron chi connectivity index (χ0n) is 13.1. The summed E-state index contributed by atoms with van der Waals surface area (Å²) < 4.78 is 0. The Morgan fingerprint density at radius 3 is 2.82 bits per heavy atom. The van der Waals surface area contributed by atoms with E-state index >= 15 is 0 Å². The highest BCUT2D eigenvalue weighted by atomic mass is 16.3. The first-order valence-corrected chi connectivity index (χ1v) is 7.70. The summed E-state index contributed by atoms with van der Waals surface area (Å²) in [6.07, 6.45) is 1.04. The van der Waals surface area contributed by atoms with Gasteiger partial charge in [0.15, 0.2) is 0 Å². The molecule has 0 aliphatic carbocycles. The molecule has 3 rings (SSSR count). The van der Waals surface area contributed by atoms with Gasteiger partial charge in [-0.2, -0.15) is 0 Å². The fourth-order valence-electron chi connectivity index (χ4n) is 2.78. The number of fused-ring (bicyclic) bond motifs is 1. The quantitative estimate of drug-likeness (QED) is 0.905. The van der Waals surface area contributed by atoms with Crippen molar-refractivity contribution in [1.82, 2.24) is 9.97 Å². The summed E-state index contributed by atoms with van der Waals surface area (Å²) in [6.45, 7) is 5.74. The fourth-order valence-corrected chi connectivity index (χ4v) is 2.78. The van der Waals surface area contributed by atoms with Crippen molar-refractivity contribution in [3.8, 4) is 0 Å². The number of aliphatic hydroxyl groups excluding tert-OH is 1. The van der Waals surface area contributed by atoms with Gasteiger partial charge in [-0.15, -0.1) is 0 Å². The molecule has 1 aliphatic rings. The summed E-state index contributed by atoms with van der Waals surface area (Å²) in [5.74, 6) is 2.45. The van der Waals surface area contributed by atoms with Crippen LogP contribution in [-0.2, 0) is 13.0 Å². The predicted octanol–water partition coefficient (Wildman–Crippen LogP) is 2.14. The number of aryl methyl sites for hydroxylation is 1. The molecule has 0 bridgehead atoms. The largest absolute Gasteiger partial charge is 0.394 e. The van der Waals surface area contributed by atoms with Gasteiger partial charge in [0.05, 0.1) is 6.61 Å². The molecule has 1 aromatic carbocycles. The van der Waals surface area contributed by atoms with E-state index in [1.165, 1.54) is 11.1 Å². The van der Waals surface area contributed by atoms with E-state index < -0.39 is 0 Å². The van der Waals surface area contributed by atoms with Gasteiger partial charge in [0.1, 0.15) is 17.5 Å². The third-order valence-electron chi connectivity index (χ3n) is 3.95. The lowest BCUT2D eigenvalue weighted by Gasteiger charge is -2.30. The molecule has 2 N–H and O–H groups in total. The molecule has 116 valence electrons. The van der Waals surface area contributed by atoms with Gasteiger partial charge in [0.25, 0.3) is 0 Å². The van der Waals surface area contributed by atoms with Crippen molar-refractivity contribution >= 4 is 11.6 Å². The van der Waals surface area contributed by atoms with Crippen LogP contribution in [-0.4, -0.2) is 34.3 Å². The molecular weight excluding hydrogens is 276 g/mol. The Kier molecular flexibility index (Phi) is 4.24. The lowest BCUT2D eigenvalue weighted by molar-refractivity contribution is 0.281. The molecule has 5 heteroatoms. The van der Waals surface area contributed by atoms with E-state index in [0.29, 0.717) is 0 Å². The number of hydrogen-bond donors (Lipinski definition) is 2. The Labute approximate surface area is 131 Å². The number of nitrogens with one attached hydrogen (secondary N) is 1. The van der Waals surface area contributed by atoms with Crippen molar-refractivity contribution in [2.75, 3.05) is 23.4 Å². The van der Waals surface area contributed by atoms with Crippen LogP contribution in [0.15, 0.2) is 30.3 Å². The zero-order valence-corrected chi connectivity index (χ0v) is 13.1. The van der Waals surface area contributed by atoms with Crippen LogP contribution >= 0.6 is 0 Å². The van der Waals surface area contributed by atoms with Gasteiger partial charge in [0, 0.05) is 25.2 Å². The summed E-state index contributed by atoms with van der Waals surface area (Å²) in [5.41, 5.74) is 2.79. The SMILES string of the molecule is Cc1nc(N[C@@H](C)CO)cc(N2CCc3ccccc3C2)n1. The van der Waals surface area contributed by atoms with Crippen molar-refractivity contribution in [1.29, 1.82) is 0 Å². The first-order valence-electron chi connectivity index (χ1n) is 7.70. The first kappa shape index (κ1) is 14.8. The number of aliphatic hydroxyl groups is 1. The molecule has 2 heterocycles. The van der Waals surface area contributed by atoms with E-state index in [9.17, 15) is 5.11 Å². The molecule has 0 radical (unpaired) electrons. The summed E-state index contributed by atoms with van der Waals surface area (Å²) in [6, 6.07) is 10.5. The molecular formula is C17H22N4O. The van der Waals surface area contributed by atoms with Gasteiger partial charge in [-0.1, -0.05) is 24.3 Å². The van der Waals surface area contributed by atoms with E-state index in [4.69, 9.17) is 0 Å². The molecule has 0 spiro atoms. The van der Waals surface area contributed by atoms with E-state index in [-0.39, 0.29) is 12.6 Å². The van der Waals surface area contributed by atoms with Crippen LogP contribution in [0.5, 0.6) is 0 Å². The van der Waals surface area contributed by atoms with E-state index in [1.54, 1.807) is 0 Å². The van der Waals surface area contributed by atoms with E-state index in [2.05, 4.69) is 44.5 Å². The van der Waals surface area contributed by atoms with E-state index in [0.717, 1.165) is 37.0 Å². The second-order valence-electron chi connectivity index (χ2n) is 5.83. The standard InChI is InChI=1S/C17H22N4O/c1-12(11-22)18-16-9-17(20-13(2)19-16)21-8-7-14-5-3-4-6-15(14)10-21/h3-6,9,12,22H,7-8,10-11H2,1-2H3,(H,18,19,20)/t12-/m0/s1. The first-order chi connectivity index (χ1) is 10.7. The number of nitrogens with zero attached hydrogens (tertiary/aromatic N) is 3. The highest BCUT2D eigenvalue weighted by Crippen LogP contribution is 2.24.